The Balaban J connectivity index is 1.57. The minimum atomic E-state index is -0.945. The highest BCUT2D eigenvalue weighted by Gasteiger charge is 2.36. The lowest BCUT2D eigenvalue weighted by Gasteiger charge is -2.08. The molecular formula is C19H14N6O3S. The number of rotatable bonds is 5. The third-order valence-corrected chi connectivity index (χ3v) is 5.01. The largest absolute Gasteiger partial charge is 0.296 e. The molecule has 0 N–H and O–H groups in total. The summed E-state index contributed by atoms with van der Waals surface area (Å²) in [4.78, 5) is 27.8. The third kappa shape index (κ3) is 3.65. The molecule has 0 unspecified atom stereocenters. The number of nitrogens with zero attached hydrogens (tertiary/aromatic N) is 6. The smallest absolute Gasteiger partial charge is 0.269 e. The summed E-state index contributed by atoms with van der Waals surface area (Å²) in [6, 6.07) is 14.6. The number of hydrogen-bond donors (Lipinski definition) is 0. The summed E-state index contributed by atoms with van der Waals surface area (Å²) >= 11 is 1.30. The van der Waals surface area contributed by atoms with E-state index in [1.807, 2.05) is 35.7 Å². The molecule has 29 heavy (non-hydrogen) atoms. The van der Waals surface area contributed by atoms with Gasteiger partial charge in [-0.2, -0.15) is 15.2 Å². The van der Waals surface area contributed by atoms with Crippen molar-refractivity contribution in [3.8, 4) is 11.3 Å². The number of para-hydroxylation sites is 1. The Kier molecular flexibility index (Phi) is 4.92. The minimum Gasteiger partial charge on any atom is -0.269 e. The minimum absolute atomic E-state index is 0.0807. The lowest BCUT2D eigenvalue weighted by molar-refractivity contribution is -0.384. The van der Waals surface area contributed by atoms with Crippen molar-refractivity contribution >= 4 is 39.5 Å². The van der Waals surface area contributed by atoms with Crippen molar-refractivity contribution in [1.29, 1.82) is 0 Å². The second kappa shape index (κ2) is 7.68. The highest BCUT2D eigenvalue weighted by molar-refractivity contribution is 7.14. The number of carbonyl (C=O) groups is 1. The molecule has 0 saturated carbocycles. The van der Waals surface area contributed by atoms with E-state index in [2.05, 4.69) is 20.3 Å². The number of thiazole rings is 1. The van der Waals surface area contributed by atoms with Gasteiger partial charge in [-0.05, 0) is 13.0 Å². The van der Waals surface area contributed by atoms with E-state index >= 15 is 0 Å². The number of azo groups is 1. The van der Waals surface area contributed by atoms with E-state index in [0.29, 0.717) is 10.8 Å². The molecule has 1 aliphatic heterocycles. The Bertz CT molecular complexity index is 1140. The summed E-state index contributed by atoms with van der Waals surface area (Å²) in [7, 11) is 0. The van der Waals surface area contributed by atoms with Crippen LogP contribution in [0.5, 0.6) is 0 Å². The molecular weight excluding hydrogens is 392 g/mol. The van der Waals surface area contributed by atoms with Gasteiger partial charge in [-0.25, -0.2) is 4.98 Å². The molecule has 2 heterocycles. The number of amides is 1. The van der Waals surface area contributed by atoms with Gasteiger partial charge in [0.25, 0.3) is 11.6 Å². The van der Waals surface area contributed by atoms with E-state index in [4.69, 9.17) is 0 Å². The van der Waals surface area contributed by atoms with Gasteiger partial charge in [0, 0.05) is 17.0 Å². The number of nitro benzene ring substituents is 1. The maximum Gasteiger partial charge on any atom is 0.296 e. The van der Waals surface area contributed by atoms with E-state index in [1.165, 1.54) is 28.5 Å². The zero-order chi connectivity index (χ0) is 20.4. The van der Waals surface area contributed by atoms with Crippen molar-refractivity contribution in [2.75, 3.05) is 5.01 Å². The molecule has 1 amide bonds. The molecule has 1 aromatic heterocycles. The number of hydrogen-bond acceptors (Lipinski definition) is 8. The number of anilines is 1. The number of aromatic nitrogens is 1. The van der Waals surface area contributed by atoms with Gasteiger partial charge in [0.2, 0.25) is 5.13 Å². The molecule has 4 rings (SSSR count). The average Bonchev–Trinajstić information content (AvgIpc) is 3.32. The fourth-order valence-corrected chi connectivity index (χ4v) is 3.54. The van der Waals surface area contributed by atoms with E-state index in [0.717, 1.165) is 11.3 Å². The Morgan fingerprint density at radius 2 is 1.86 bits per heavy atom. The molecule has 0 bridgehead atoms. The van der Waals surface area contributed by atoms with E-state index in [1.54, 1.807) is 19.1 Å². The zero-order valence-corrected chi connectivity index (χ0v) is 16.0. The van der Waals surface area contributed by atoms with Crippen LogP contribution >= 0.6 is 11.3 Å². The van der Waals surface area contributed by atoms with Crippen molar-refractivity contribution in [2.24, 2.45) is 15.3 Å². The molecule has 0 spiro atoms. The maximum absolute atomic E-state index is 12.8. The van der Waals surface area contributed by atoms with Crippen LogP contribution in [0, 0.1) is 10.1 Å². The Hall–Kier alpha value is -3.79. The standard InChI is InChI=1S/C19H14N6O3S/c1-12-17(22-21-14-9-5-6-10-16(14)25(27)28)18(26)24(23-12)19-20-15(11-29-19)13-7-3-2-4-8-13/h2-11,17H,1H3/t17-/m1/s1. The summed E-state index contributed by atoms with van der Waals surface area (Å²) in [5.74, 6) is -0.404. The highest BCUT2D eigenvalue weighted by Crippen LogP contribution is 2.31. The Morgan fingerprint density at radius 1 is 1.14 bits per heavy atom. The van der Waals surface area contributed by atoms with E-state index in [9.17, 15) is 14.9 Å². The van der Waals surface area contributed by atoms with Crippen LogP contribution in [0.4, 0.5) is 16.5 Å². The molecule has 3 aromatic rings. The van der Waals surface area contributed by atoms with Crippen LogP contribution in [0.15, 0.2) is 75.3 Å². The quantitative estimate of drug-likeness (QED) is 0.350. The van der Waals surface area contributed by atoms with Crippen LogP contribution < -0.4 is 5.01 Å². The normalized spacial score (nSPS) is 16.4. The van der Waals surface area contributed by atoms with Crippen molar-refractivity contribution in [1.82, 2.24) is 4.98 Å². The second-order valence-electron chi connectivity index (χ2n) is 6.14. The number of hydrazone groups is 1. The van der Waals surface area contributed by atoms with Crippen molar-refractivity contribution in [3.05, 3.63) is 70.1 Å². The molecule has 0 fully saturated rings. The Morgan fingerprint density at radius 3 is 2.62 bits per heavy atom. The van der Waals surface area contributed by atoms with Crippen LogP contribution in [0.3, 0.4) is 0 Å². The summed E-state index contributed by atoms with van der Waals surface area (Å²) in [5, 5.41) is 26.8. The van der Waals surface area contributed by atoms with Gasteiger partial charge < -0.3 is 0 Å². The lowest BCUT2D eigenvalue weighted by atomic mass is 10.2. The van der Waals surface area contributed by atoms with Gasteiger partial charge in [0.05, 0.1) is 16.3 Å². The number of carbonyl (C=O) groups excluding carboxylic acids is 1. The first kappa shape index (κ1) is 18.6. The summed E-state index contributed by atoms with van der Waals surface area (Å²) in [6.45, 7) is 1.66. The van der Waals surface area contributed by atoms with Crippen molar-refractivity contribution in [2.45, 2.75) is 13.0 Å². The van der Waals surface area contributed by atoms with Gasteiger partial charge in [-0.1, -0.05) is 42.5 Å². The monoisotopic (exact) mass is 406 g/mol. The second-order valence-corrected chi connectivity index (χ2v) is 6.97. The molecule has 1 atom stereocenters. The SMILES string of the molecule is CC1=NN(c2nc(-c3ccccc3)cs2)C(=O)[C@@H]1N=Nc1ccccc1[N+](=O)[O-]. The predicted octanol–water partition coefficient (Wildman–Crippen LogP) is 4.59. The summed E-state index contributed by atoms with van der Waals surface area (Å²) in [5.41, 5.74) is 2.03. The van der Waals surface area contributed by atoms with Crippen LogP contribution in [-0.4, -0.2) is 27.6 Å². The van der Waals surface area contributed by atoms with E-state index in [-0.39, 0.29) is 11.4 Å². The van der Waals surface area contributed by atoms with Gasteiger partial charge in [0.1, 0.15) is 0 Å². The molecule has 10 heteroatoms. The molecule has 9 nitrogen and oxygen atoms in total. The molecule has 2 aromatic carbocycles. The molecule has 0 saturated heterocycles. The maximum atomic E-state index is 12.8. The summed E-state index contributed by atoms with van der Waals surface area (Å²) < 4.78 is 0. The topological polar surface area (TPSA) is 113 Å². The first-order valence-corrected chi connectivity index (χ1v) is 9.47. The molecule has 144 valence electrons. The van der Waals surface area contributed by atoms with Crippen LogP contribution in [0.1, 0.15) is 6.92 Å². The zero-order valence-electron chi connectivity index (χ0n) is 15.2. The third-order valence-electron chi connectivity index (χ3n) is 4.20. The van der Waals surface area contributed by atoms with E-state index < -0.39 is 16.9 Å². The van der Waals surface area contributed by atoms with Gasteiger partial charge in [-0.3, -0.25) is 14.9 Å². The summed E-state index contributed by atoms with van der Waals surface area (Å²) in [6.07, 6.45) is 0. The number of benzene rings is 2. The Labute approximate surface area is 169 Å². The first-order valence-electron chi connectivity index (χ1n) is 8.59. The van der Waals surface area contributed by atoms with Crippen LogP contribution in [0.2, 0.25) is 0 Å². The van der Waals surface area contributed by atoms with Crippen molar-refractivity contribution in [3.63, 3.8) is 0 Å². The predicted molar refractivity (Wildman–Crippen MR) is 110 cm³/mol. The molecule has 0 radical (unpaired) electrons. The fraction of sp³-hybridized carbons (Fsp3) is 0.105. The first-order chi connectivity index (χ1) is 14.0. The lowest BCUT2D eigenvalue weighted by Crippen LogP contribution is -2.29. The molecule has 0 aliphatic carbocycles. The van der Waals surface area contributed by atoms with Gasteiger partial charge >= 0.3 is 0 Å². The number of nitro groups is 1. The van der Waals surface area contributed by atoms with Crippen molar-refractivity contribution < 1.29 is 9.72 Å². The average molecular weight is 406 g/mol. The van der Waals surface area contributed by atoms with Gasteiger partial charge in [-0.15, -0.1) is 16.5 Å². The van der Waals surface area contributed by atoms with Crippen LogP contribution in [0.25, 0.3) is 11.3 Å². The fourth-order valence-electron chi connectivity index (χ4n) is 2.75. The van der Waals surface area contributed by atoms with Gasteiger partial charge in [0.15, 0.2) is 11.7 Å². The molecule has 1 aliphatic rings. The van der Waals surface area contributed by atoms with Crippen LogP contribution in [-0.2, 0) is 4.79 Å². The highest BCUT2D eigenvalue weighted by atomic mass is 32.1.